The molecule has 0 radical (unpaired) electrons. The number of halogens is 2. The van der Waals surface area contributed by atoms with E-state index in [0.29, 0.717) is 49.7 Å². The highest BCUT2D eigenvalue weighted by atomic mass is 79.9. The van der Waals surface area contributed by atoms with Gasteiger partial charge in [-0.3, -0.25) is 14.6 Å². The van der Waals surface area contributed by atoms with E-state index in [1.54, 1.807) is 43.7 Å². The monoisotopic (exact) mass is 698 g/mol. The molecule has 0 aliphatic carbocycles. The maximum absolute atomic E-state index is 13.4. The molecule has 12 nitrogen and oxygen atoms in total. The smallest absolute Gasteiger partial charge is 0.229 e. The van der Waals surface area contributed by atoms with Crippen LogP contribution in [0.3, 0.4) is 0 Å². The standard InChI is InChI=1S/C29H32BrN10O2P.ClH/c1-39-17-18(15-35-39)19-13-23(25(42-2)14-24(19)40-11-9-31-10-12-40)37-29-34-16-20(30)28(38-29)36-22-6-5-21-26(33-8-7-32-21)27(22)43(3,4)41;/h5-8,13-17,31H,9-12H2,1-4H3,(H2,34,36,37,38);1H. The molecule has 6 rings (SSSR count). The molecular formula is C29H33BrClN10O2P. The Hall–Kier alpha value is -3.77. The average Bonchev–Trinajstić information content (AvgIpc) is 3.44. The van der Waals surface area contributed by atoms with Crippen LogP contribution in [0, 0.1) is 0 Å². The van der Waals surface area contributed by atoms with Crippen LogP contribution < -0.4 is 30.9 Å². The minimum atomic E-state index is -2.75. The zero-order chi connectivity index (χ0) is 30.1. The van der Waals surface area contributed by atoms with E-state index in [0.717, 1.165) is 43.0 Å². The highest BCUT2D eigenvalue weighted by molar-refractivity contribution is 9.10. The molecule has 0 saturated carbocycles. The molecule has 3 N–H and O–H groups in total. The Labute approximate surface area is 270 Å². The molecule has 15 heteroatoms. The summed E-state index contributed by atoms with van der Waals surface area (Å²) in [7, 11) is 0.808. The van der Waals surface area contributed by atoms with Crippen molar-refractivity contribution in [3.05, 3.63) is 59.7 Å². The SMILES string of the molecule is COc1cc(N2CCNCC2)c(-c2cnn(C)c2)cc1Nc1ncc(Br)c(Nc2ccc3nccnc3c2P(C)(C)=O)n1.Cl. The summed E-state index contributed by atoms with van der Waals surface area (Å²) in [5, 5.41) is 15.1. The number of fused-ring (bicyclic) bond motifs is 1. The van der Waals surface area contributed by atoms with Gasteiger partial charge in [-0.2, -0.15) is 10.1 Å². The summed E-state index contributed by atoms with van der Waals surface area (Å²) in [5.74, 6) is 1.52. The van der Waals surface area contributed by atoms with Crippen molar-refractivity contribution >= 4 is 80.6 Å². The third-order valence-electron chi connectivity index (χ3n) is 7.19. The summed E-state index contributed by atoms with van der Waals surface area (Å²) in [6.07, 6.45) is 8.76. The summed E-state index contributed by atoms with van der Waals surface area (Å²) >= 11 is 3.57. The van der Waals surface area contributed by atoms with Crippen molar-refractivity contribution in [1.82, 2.24) is 35.0 Å². The highest BCUT2D eigenvalue weighted by Gasteiger charge is 2.23. The first-order valence-electron chi connectivity index (χ1n) is 13.7. The van der Waals surface area contributed by atoms with Crippen LogP contribution in [0.1, 0.15) is 0 Å². The van der Waals surface area contributed by atoms with E-state index in [9.17, 15) is 4.57 Å². The summed E-state index contributed by atoms with van der Waals surface area (Å²) in [6, 6.07) is 7.81. The quantitative estimate of drug-likeness (QED) is 0.186. The second kappa shape index (κ2) is 13.1. The number of nitrogens with zero attached hydrogens (tertiary/aromatic N) is 7. The molecule has 0 bridgehead atoms. The summed E-state index contributed by atoms with van der Waals surface area (Å²) in [4.78, 5) is 20.5. The normalized spacial score (nSPS) is 13.4. The van der Waals surface area contributed by atoms with Gasteiger partial charge in [-0.25, -0.2) is 4.98 Å². The van der Waals surface area contributed by atoms with Crippen molar-refractivity contribution in [3.8, 4) is 16.9 Å². The van der Waals surface area contributed by atoms with E-state index < -0.39 is 7.14 Å². The molecule has 1 aliphatic heterocycles. The maximum Gasteiger partial charge on any atom is 0.229 e. The van der Waals surface area contributed by atoms with Gasteiger partial charge in [0.25, 0.3) is 0 Å². The van der Waals surface area contributed by atoms with Crippen molar-refractivity contribution in [3.63, 3.8) is 0 Å². The number of hydrogen-bond acceptors (Lipinski definition) is 11. The molecule has 0 spiro atoms. The van der Waals surface area contributed by atoms with E-state index >= 15 is 0 Å². The van der Waals surface area contributed by atoms with E-state index in [-0.39, 0.29) is 12.4 Å². The maximum atomic E-state index is 13.4. The molecule has 1 fully saturated rings. The Kier molecular flexibility index (Phi) is 9.40. The lowest BCUT2D eigenvalue weighted by Gasteiger charge is -2.31. The number of aryl methyl sites for hydroxylation is 1. The molecule has 1 aliphatic rings. The Bertz CT molecular complexity index is 1860. The van der Waals surface area contributed by atoms with Crippen LogP contribution in [0.4, 0.5) is 28.8 Å². The van der Waals surface area contributed by atoms with Crippen LogP contribution in [0.5, 0.6) is 5.75 Å². The number of aromatic nitrogens is 6. The van der Waals surface area contributed by atoms with Gasteiger partial charge in [0.15, 0.2) is 0 Å². The summed E-state index contributed by atoms with van der Waals surface area (Å²) in [5.41, 5.74) is 5.73. The summed E-state index contributed by atoms with van der Waals surface area (Å²) < 4.78 is 21.7. The third kappa shape index (κ3) is 6.51. The largest absolute Gasteiger partial charge is 0.494 e. The first-order valence-corrected chi connectivity index (χ1v) is 17.1. The lowest BCUT2D eigenvalue weighted by atomic mass is 10.0. The van der Waals surface area contributed by atoms with E-state index in [1.165, 1.54) is 0 Å². The van der Waals surface area contributed by atoms with Crippen molar-refractivity contribution < 1.29 is 9.30 Å². The lowest BCUT2D eigenvalue weighted by molar-refractivity contribution is 0.416. The molecule has 0 amide bonds. The van der Waals surface area contributed by atoms with Gasteiger partial charge in [0.2, 0.25) is 5.95 Å². The van der Waals surface area contributed by atoms with Gasteiger partial charge < -0.3 is 30.2 Å². The molecule has 5 aromatic rings. The van der Waals surface area contributed by atoms with Crippen molar-refractivity contribution in [2.24, 2.45) is 7.05 Å². The van der Waals surface area contributed by atoms with Crippen LogP contribution >= 0.6 is 35.5 Å². The summed E-state index contributed by atoms with van der Waals surface area (Å²) in [6.45, 7) is 7.04. The van der Waals surface area contributed by atoms with Crippen LogP contribution in [0.2, 0.25) is 0 Å². The average molecular weight is 700 g/mol. The van der Waals surface area contributed by atoms with Crippen molar-refractivity contribution in [2.75, 3.05) is 62.2 Å². The molecule has 0 unspecified atom stereocenters. The topological polar surface area (TPSA) is 135 Å². The Morgan fingerprint density at radius 2 is 1.80 bits per heavy atom. The minimum absolute atomic E-state index is 0. The van der Waals surface area contributed by atoms with Crippen molar-refractivity contribution in [2.45, 2.75) is 0 Å². The van der Waals surface area contributed by atoms with E-state index in [2.05, 4.69) is 69.0 Å². The van der Waals surface area contributed by atoms with Gasteiger partial charge in [0.05, 0.1) is 40.0 Å². The second-order valence-electron chi connectivity index (χ2n) is 10.6. The number of ether oxygens (including phenoxy) is 1. The lowest BCUT2D eigenvalue weighted by Crippen LogP contribution is -2.43. The van der Waals surface area contributed by atoms with Crippen LogP contribution in [-0.2, 0) is 11.6 Å². The molecule has 44 heavy (non-hydrogen) atoms. The molecule has 2 aromatic carbocycles. The number of anilines is 5. The Morgan fingerprint density at radius 1 is 1.02 bits per heavy atom. The minimum Gasteiger partial charge on any atom is -0.494 e. The molecule has 1 saturated heterocycles. The van der Waals surface area contributed by atoms with Gasteiger partial charge in [0, 0.05) is 80.9 Å². The zero-order valence-corrected chi connectivity index (χ0v) is 28.0. The third-order valence-corrected chi connectivity index (χ3v) is 9.30. The predicted octanol–water partition coefficient (Wildman–Crippen LogP) is 5.16. The molecule has 230 valence electrons. The number of hydrogen-bond donors (Lipinski definition) is 3. The number of nitrogens with one attached hydrogen (secondary N) is 3. The number of methoxy groups -OCH3 is 1. The van der Waals surface area contributed by atoms with Gasteiger partial charge >= 0.3 is 0 Å². The Morgan fingerprint density at radius 3 is 2.50 bits per heavy atom. The zero-order valence-electron chi connectivity index (χ0n) is 24.7. The molecule has 4 heterocycles. The van der Waals surface area contributed by atoms with Crippen LogP contribution in [0.15, 0.2) is 59.7 Å². The fourth-order valence-electron chi connectivity index (χ4n) is 5.23. The number of benzene rings is 2. The number of piperazine rings is 1. The fourth-order valence-corrected chi connectivity index (χ4v) is 6.91. The van der Waals surface area contributed by atoms with Crippen LogP contribution in [-0.4, -0.2) is 76.3 Å². The predicted molar refractivity (Wildman–Crippen MR) is 182 cm³/mol. The number of rotatable bonds is 8. The molecule has 3 aromatic heterocycles. The van der Waals surface area contributed by atoms with Gasteiger partial charge in [-0.05, 0) is 47.5 Å². The fraction of sp³-hybridized carbons (Fsp3) is 0.276. The molecular weight excluding hydrogens is 667 g/mol. The van der Waals surface area contributed by atoms with Gasteiger partial charge in [-0.1, -0.05) is 0 Å². The van der Waals surface area contributed by atoms with Gasteiger partial charge in [0.1, 0.15) is 24.2 Å². The Balaban J connectivity index is 0.00000384. The molecule has 0 atom stereocenters. The van der Waals surface area contributed by atoms with E-state index in [1.807, 2.05) is 31.6 Å². The van der Waals surface area contributed by atoms with E-state index in [4.69, 9.17) is 9.72 Å². The second-order valence-corrected chi connectivity index (χ2v) is 14.6. The highest BCUT2D eigenvalue weighted by Crippen LogP contribution is 2.42. The van der Waals surface area contributed by atoms with Gasteiger partial charge in [-0.15, -0.1) is 12.4 Å². The first kappa shape index (κ1) is 31.6. The first-order chi connectivity index (χ1) is 20.7. The van der Waals surface area contributed by atoms with Crippen molar-refractivity contribution in [1.29, 1.82) is 0 Å². The van der Waals surface area contributed by atoms with Crippen LogP contribution in [0.25, 0.3) is 22.2 Å².